The van der Waals surface area contributed by atoms with Gasteiger partial charge in [-0.3, -0.25) is 9.59 Å². The smallest absolute Gasteiger partial charge is 0.251 e. The van der Waals surface area contributed by atoms with Crippen molar-refractivity contribution in [2.24, 2.45) is 17.1 Å². The van der Waals surface area contributed by atoms with Crippen molar-refractivity contribution in [2.45, 2.75) is 66.0 Å². The highest BCUT2D eigenvalue weighted by atomic mass is 19.1. The maximum atomic E-state index is 14.7. The molecule has 8 heteroatoms. The lowest BCUT2D eigenvalue weighted by Gasteiger charge is -2.23. The van der Waals surface area contributed by atoms with Crippen molar-refractivity contribution in [3.05, 3.63) is 65.0 Å². The summed E-state index contributed by atoms with van der Waals surface area (Å²) in [5.41, 5.74) is 6.39. The molecule has 0 bridgehead atoms. The normalized spacial score (nSPS) is 13.6. The summed E-state index contributed by atoms with van der Waals surface area (Å²) in [6, 6.07) is 9.98. The van der Waals surface area contributed by atoms with Gasteiger partial charge in [0, 0.05) is 18.7 Å². The summed E-state index contributed by atoms with van der Waals surface area (Å²) in [7, 11) is 0. The Hall–Kier alpha value is -3.10. The maximum absolute atomic E-state index is 14.7. The predicted molar refractivity (Wildman–Crippen MR) is 139 cm³/mol. The molecule has 0 fully saturated rings. The van der Waals surface area contributed by atoms with Crippen LogP contribution in [-0.2, 0) is 26.4 Å². The number of ketones is 1. The van der Waals surface area contributed by atoms with Gasteiger partial charge in [0.25, 0.3) is 5.91 Å². The second-order valence-electron chi connectivity index (χ2n) is 11.0. The number of nitrogens with one attached hydrogen (secondary N) is 2. The van der Waals surface area contributed by atoms with E-state index in [9.17, 15) is 23.9 Å². The molecule has 0 radical (unpaired) electrons. The van der Waals surface area contributed by atoms with Gasteiger partial charge in [0.05, 0.1) is 11.5 Å². The predicted octanol–water partition coefficient (Wildman–Crippen LogP) is 3.99. The molecule has 0 heterocycles. The molecule has 0 aliphatic carbocycles. The van der Waals surface area contributed by atoms with Gasteiger partial charge in [-0.1, -0.05) is 51.1 Å². The highest BCUT2D eigenvalue weighted by Gasteiger charge is 2.28. The molecule has 1 unspecified atom stereocenters. The Morgan fingerprint density at radius 1 is 1.00 bits per heavy atom. The van der Waals surface area contributed by atoms with Crippen molar-refractivity contribution in [3.63, 3.8) is 0 Å². The molecule has 7 nitrogen and oxygen atoms in total. The van der Waals surface area contributed by atoms with Crippen molar-refractivity contribution >= 4 is 23.3 Å². The monoisotopic (exact) mass is 499 g/mol. The van der Waals surface area contributed by atoms with Crippen LogP contribution in [-0.4, -0.2) is 29.2 Å². The summed E-state index contributed by atoms with van der Waals surface area (Å²) in [5.74, 6) is -2.53. The maximum Gasteiger partial charge on any atom is 0.251 e. The third-order valence-electron chi connectivity index (χ3n) is 5.73. The molecule has 0 saturated carbocycles. The summed E-state index contributed by atoms with van der Waals surface area (Å²) in [6.07, 6.45) is 0.491. The fourth-order valence-corrected chi connectivity index (χ4v) is 3.83. The molecule has 196 valence electrons. The van der Waals surface area contributed by atoms with Gasteiger partial charge in [-0.2, -0.15) is 0 Å². The summed E-state index contributed by atoms with van der Waals surface area (Å²) in [6.45, 7) is 10.6. The van der Waals surface area contributed by atoms with Gasteiger partial charge in [-0.15, -0.1) is 0 Å². The van der Waals surface area contributed by atoms with Crippen molar-refractivity contribution in [2.75, 3.05) is 11.9 Å². The average molecular weight is 500 g/mol. The topological polar surface area (TPSA) is 122 Å². The number of carbonyl (C=O) groups is 3. The number of Topliss-reactive ketones (excluding diaryl/α,β-unsaturated/α-hetero) is 1. The van der Waals surface area contributed by atoms with Crippen LogP contribution in [0, 0.1) is 17.2 Å². The van der Waals surface area contributed by atoms with Crippen LogP contribution in [0.4, 0.5) is 10.1 Å². The second kappa shape index (κ2) is 11.8. The Morgan fingerprint density at radius 3 is 2.08 bits per heavy atom. The zero-order valence-electron chi connectivity index (χ0n) is 21.9. The van der Waals surface area contributed by atoms with Crippen LogP contribution in [0.2, 0.25) is 0 Å². The van der Waals surface area contributed by atoms with E-state index in [0.717, 1.165) is 0 Å². The first-order chi connectivity index (χ1) is 16.6. The van der Waals surface area contributed by atoms with E-state index < -0.39 is 35.2 Å². The minimum Gasteiger partial charge on any atom is -0.386 e. The molecule has 2 amide bonds. The number of rotatable bonds is 10. The van der Waals surface area contributed by atoms with Gasteiger partial charge in [0.1, 0.15) is 17.6 Å². The lowest BCUT2D eigenvalue weighted by molar-refractivity contribution is -0.131. The SMILES string of the molecule is CC(=O)C[C@@H](CN)C(=O)NC(C(=O)Nc1ccc(CC(C)(C)C)c(F)c1)c1ccc(C(C)(C)O)cc1. The fraction of sp³-hybridized carbons (Fsp3) is 0.464. The molecule has 0 spiro atoms. The number of amides is 2. The van der Waals surface area contributed by atoms with Gasteiger partial charge < -0.3 is 26.3 Å². The van der Waals surface area contributed by atoms with Crippen molar-refractivity contribution < 1.29 is 23.9 Å². The molecule has 0 aliphatic heterocycles. The third kappa shape index (κ3) is 8.53. The number of hydrogen-bond donors (Lipinski definition) is 4. The molecule has 0 aromatic heterocycles. The van der Waals surface area contributed by atoms with Gasteiger partial charge in [0.15, 0.2) is 0 Å². The standard InChI is InChI=1S/C28H38FN3O4/c1-17(33)13-20(16-30)25(34)32-24(18-7-10-21(11-8-18)28(5,6)36)26(35)31-22-12-9-19(23(29)14-22)15-27(2,3)4/h7-12,14,20,24,36H,13,15-16,30H2,1-6H3,(H,31,35)(H,32,34)/t20-,24?/m0/s1. The number of carbonyl (C=O) groups excluding carboxylic acids is 3. The van der Waals surface area contributed by atoms with Crippen LogP contribution < -0.4 is 16.4 Å². The van der Waals surface area contributed by atoms with Crippen LogP contribution in [0.15, 0.2) is 42.5 Å². The van der Waals surface area contributed by atoms with E-state index in [-0.39, 0.29) is 29.9 Å². The van der Waals surface area contributed by atoms with E-state index in [1.54, 1.807) is 50.2 Å². The lowest BCUT2D eigenvalue weighted by atomic mass is 9.88. The largest absolute Gasteiger partial charge is 0.386 e. The first-order valence-electron chi connectivity index (χ1n) is 12.0. The molecule has 0 saturated heterocycles. The number of benzene rings is 2. The molecule has 0 aliphatic rings. The van der Waals surface area contributed by atoms with Crippen LogP contribution in [0.3, 0.4) is 0 Å². The third-order valence-corrected chi connectivity index (χ3v) is 5.73. The van der Waals surface area contributed by atoms with E-state index in [1.165, 1.54) is 13.0 Å². The average Bonchev–Trinajstić information content (AvgIpc) is 2.76. The molecule has 2 atom stereocenters. The van der Waals surface area contributed by atoms with Gasteiger partial charge in [-0.25, -0.2) is 4.39 Å². The van der Waals surface area contributed by atoms with Crippen molar-refractivity contribution in [1.82, 2.24) is 5.32 Å². The zero-order valence-corrected chi connectivity index (χ0v) is 21.9. The van der Waals surface area contributed by atoms with Crippen molar-refractivity contribution in [3.8, 4) is 0 Å². The lowest BCUT2D eigenvalue weighted by Crippen LogP contribution is -2.42. The molecule has 5 N–H and O–H groups in total. The van der Waals surface area contributed by atoms with E-state index in [4.69, 9.17) is 5.73 Å². The van der Waals surface area contributed by atoms with Crippen LogP contribution in [0.25, 0.3) is 0 Å². The number of hydrogen-bond acceptors (Lipinski definition) is 5. The quantitative estimate of drug-likeness (QED) is 0.394. The van der Waals surface area contributed by atoms with E-state index in [2.05, 4.69) is 10.6 Å². The number of anilines is 1. The Bertz CT molecular complexity index is 1090. The number of nitrogens with two attached hydrogens (primary N) is 1. The second-order valence-corrected chi connectivity index (χ2v) is 11.0. The molecular formula is C28H38FN3O4. The van der Waals surface area contributed by atoms with Crippen molar-refractivity contribution in [1.29, 1.82) is 0 Å². The summed E-state index contributed by atoms with van der Waals surface area (Å²) in [5, 5.41) is 15.6. The Morgan fingerprint density at radius 2 is 1.61 bits per heavy atom. The Balaban J connectivity index is 2.34. The van der Waals surface area contributed by atoms with Crippen LogP contribution >= 0.6 is 0 Å². The first-order valence-corrected chi connectivity index (χ1v) is 12.0. The van der Waals surface area contributed by atoms with Gasteiger partial charge in [-0.05, 0) is 61.4 Å². The molecule has 2 rings (SSSR count). The molecule has 2 aromatic rings. The Labute approximate surface area is 212 Å². The van der Waals surface area contributed by atoms with Crippen LogP contribution in [0.1, 0.15) is 70.7 Å². The molecular weight excluding hydrogens is 461 g/mol. The summed E-state index contributed by atoms with van der Waals surface area (Å²) >= 11 is 0. The van der Waals surface area contributed by atoms with E-state index in [1.807, 2.05) is 20.8 Å². The number of halogens is 1. The minimum atomic E-state index is -1.13. The van der Waals surface area contributed by atoms with E-state index in [0.29, 0.717) is 23.1 Å². The highest BCUT2D eigenvalue weighted by molar-refractivity contribution is 5.98. The van der Waals surface area contributed by atoms with Gasteiger partial charge in [0.2, 0.25) is 5.91 Å². The minimum absolute atomic E-state index is 0.0469. The van der Waals surface area contributed by atoms with E-state index >= 15 is 0 Å². The number of aliphatic hydroxyl groups is 1. The van der Waals surface area contributed by atoms with Crippen LogP contribution in [0.5, 0.6) is 0 Å². The fourth-order valence-electron chi connectivity index (χ4n) is 3.83. The van der Waals surface area contributed by atoms with Gasteiger partial charge >= 0.3 is 0 Å². The Kier molecular flexibility index (Phi) is 9.51. The zero-order chi connectivity index (χ0) is 27.3. The summed E-state index contributed by atoms with van der Waals surface area (Å²) in [4.78, 5) is 37.7. The highest BCUT2D eigenvalue weighted by Crippen LogP contribution is 2.26. The molecule has 36 heavy (non-hydrogen) atoms. The summed E-state index contributed by atoms with van der Waals surface area (Å²) < 4.78 is 14.7. The first kappa shape index (κ1) is 29.1. The molecule has 2 aromatic carbocycles.